The summed E-state index contributed by atoms with van der Waals surface area (Å²) < 4.78 is 15.9. The molecule has 0 spiro atoms. The van der Waals surface area contributed by atoms with Crippen LogP contribution in [-0.2, 0) is 17.9 Å². The number of hydrogen-bond acceptors (Lipinski definition) is 8. The van der Waals surface area contributed by atoms with Crippen molar-refractivity contribution in [2.24, 2.45) is 0 Å². The van der Waals surface area contributed by atoms with Gasteiger partial charge in [0.2, 0.25) is 0 Å². The zero-order valence-electron chi connectivity index (χ0n) is 22.3. The first-order valence-electron chi connectivity index (χ1n) is 13.0. The zero-order chi connectivity index (χ0) is 28.2. The Morgan fingerprint density at radius 2 is 1.82 bits per heavy atom. The van der Waals surface area contributed by atoms with Crippen LogP contribution >= 0.6 is 0 Å². The van der Waals surface area contributed by atoms with Gasteiger partial charge in [-0.25, -0.2) is 4.79 Å². The first-order chi connectivity index (χ1) is 19.4. The predicted molar refractivity (Wildman–Crippen MR) is 148 cm³/mol. The summed E-state index contributed by atoms with van der Waals surface area (Å²) in [5, 5.41) is 14.8. The summed E-state index contributed by atoms with van der Waals surface area (Å²) >= 11 is 0. The summed E-state index contributed by atoms with van der Waals surface area (Å²) in [6.45, 7) is 1.46. The van der Waals surface area contributed by atoms with Gasteiger partial charge in [0.25, 0.3) is 11.6 Å². The second-order valence-electron chi connectivity index (χ2n) is 9.59. The highest BCUT2D eigenvalue weighted by atomic mass is 16.6. The molecular weight excluding hydrogens is 516 g/mol. The van der Waals surface area contributed by atoms with Crippen LogP contribution in [0.25, 0.3) is 0 Å². The van der Waals surface area contributed by atoms with E-state index in [1.807, 2.05) is 29.2 Å². The maximum Gasteiger partial charge on any atom is 0.414 e. The minimum atomic E-state index is -0.469. The summed E-state index contributed by atoms with van der Waals surface area (Å²) in [4.78, 5) is 40.7. The highest BCUT2D eigenvalue weighted by Crippen LogP contribution is 2.35. The zero-order valence-corrected chi connectivity index (χ0v) is 22.3. The van der Waals surface area contributed by atoms with Crippen molar-refractivity contribution in [3.8, 4) is 11.5 Å². The number of nitro benzene ring substituents is 1. The molecule has 0 saturated carbocycles. The van der Waals surface area contributed by atoms with Crippen LogP contribution in [0.1, 0.15) is 34.3 Å². The van der Waals surface area contributed by atoms with Gasteiger partial charge in [-0.2, -0.15) is 0 Å². The molecule has 3 aromatic carbocycles. The molecule has 0 aromatic heterocycles. The third-order valence-corrected chi connectivity index (χ3v) is 7.34. The van der Waals surface area contributed by atoms with E-state index < -0.39 is 10.8 Å². The van der Waals surface area contributed by atoms with Crippen LogP contribution < -0.4 is 24.6 Å². The van der Waals surface area contributed by atoms with Gasteiger partial charge in [0.05, 0.1) is 24.8 Å². The van der Waals surface area contributed by atoms with E-state index in [2.05, 4.69) is 5.32 Å². The van der Waals surface area contributed by atoms with Crippen molar-refractivity contribution in [2.45, 2.75) is 32.0 Å². The molecule has 0 radical (unpaired) electrons. The number of ether oxygens (including phenoxy) is 3. The molecule has 1 saturated heterocycles. The molecule has 2 heterocycles. The second kappa shape index (κ2) is 11.5. The number of para-hydroxylation sites is 1. The number of hydrogen-bond donors (Lipinski definition) is 1. The normalized spacial score (nSPS) is 15.2. The molecule has 2 aliphatic rings. The van der Waals surface area contributed by atoms with Gasteiger partial charge in [-0.15, -0.1) is 0 Å². The van der Waals surface area contributed by atoms with Crippen molar-refractivity contribution < 1.29 is 28.7 Å². The molecule has 1 fully saturated rings. The Bertz CT molecular complexity index is 1440. The molecule has 0 bridgehead atoms. The van der Waals surface area contributed by atoms with Gasteiger partial charge < -0.3 is 24.4 Å². The number of amides is 2. The number of methoxy groups -OCH3 is 2. The fraction of sp³-hybridized carbons (Fsp3) is 0.310. The van der Waals surface area contributed by atoms with E-state index in [-0.39, 0.29) is 36.5 Å². The van der Waals surface area contributed by atoms with Crippen LogP contribution in [0.4, 0.5) is 21.9 Å². The number of nitrogens with one attached hydrogen (secondary N) is 1. The molecule has 5 rings (SSSR count). The predicted octanol–water partition coefficient (Wildman–Crippen LogP) is 4.67. The molecule has 2 aliphatic heterocycles. The summed E-state index contributed by atoms with van der Waals surface area (Å²) in [5.74, 6) is 0.752. The molecule has 3 aromatic rings. The lowest BCUT2D eigenvalue weighted by atomic mass is 9.99. The SMILES string of the molecule is COc1ccc(CNC(=O)c2ccc(N3CCC(N4C(=O)OCc5ccccc54)CC3)c([N+](=O)[O-])c2)c(OC)c1. The minimum Gasteiger partial charge on any atom is -0.497 e. The van der Waals surface area contributed by atoms with Crippen molar-refractivity contribution >= 4 is 29.1 Å². The van der Waals surface area contributed by atoms with Crippen molar-refractivity contribution in [1.82, 2.24) is 5.32 Å². The van der Waals surface area contributed by atoms with Crippen LogP contribution in [0, 0.1) is 10.1 Å². The molecule has 40 heavy (non-hydrogen) atoms. The number of nitrogens with zero attached hydrogens (tertiary/aromatic N) is 3. The van der Waals surface area contributed by atoms with Crippen molar-refractivity contribution in [3.63, 3.8) is 0 Å². The molecular formula is C29H30N4O7. The van der Waals surface area contributed by atoms with Gasteiger partial charge in [-0.05, 0) is 43.2 Å². The molecule has 11 heteroatoms. The Hall–Kier alpha value is -4.80. The van der Waals surface area contributed by atoms with Gasteiger partial charge in [0, 0.05) is 54.5 Å². The fourth-order valence-electron chi connectivity index (χ4n) is 5.24. The third-order valence-electron chi connectivity index (χ3n) is 7.34. The first-order valence-corrected chi connectivity index (χ1v) is 13.0. The van der Waals surface area contributed by atoms with Gasteiger partial charge in [0.1, 0.15) is 23.8 Å². The number of benzene rings is 3. The standard InChI is InChI=1S/C29H30N4O7/c1-38-23-9-7-20(27(16-23)39-2)17-30-28(34)19-8-10-25(26(15-19)33(36)37)31-13-11-22(12-14-31)32-24-6-4-3-5-21(24)18-40-29(32)35/h3-10,15-16,22H,11-14,17-18H2,1-2H3,(H,30,34). The Morgan fingerprint density at radius 1 is 1.05 bits per heavy atom. The van der Waals surface area contributed by atoms with E-state index in [4.69, 9.17) is 14.2 Å². The second-order valence-corrected chi connectivity index (χ2v) is 9.59. The Balaban J connectivity index is 1.27. The monoisotopic (exact) mass is 546 g/mol. The van der Waals surface area contributed by atoms with Crippen LogP contribution in [-0.4, -0.2) is 50.3 Å². The van der Waals surface area contributed by atoms with Crippen LogP contribution in [0.2, 0.25) is 0 Å². The van der Waals surface area contributed by atoms with Gasteiger partial charge >= 0.3 is 6.09 Å². The molecule has 0 atom stereocenters. The lowest BCUT2D eigenvalue weighted by Crippen LogP contribution is -2.49. The largest absolute Gasteiger partial charge is 0.497 e. The van der Waals surface area contributed by atoms with E-state index in [9.17, 15) is 19.7 Å². The fourth-order valence-corrected chi connectivity index (χ4v) is 5.24. The maximum absolute atomic E-state index is 12.9. The van der Waals surface area contributed by atoms with Crippen molar-refractivity contribution in [1.29, 1.82) is 0 Å². The number of carbonyl (C=O) groups is 2. The quantitative estimate of drug-likeness (QED) is 0.319. The molecule has 0 aliphatic carbocycles. The van der Waals surface area contributed by atoms with Crippen molar-refractivity contribution in [2.75, 3.05) is 37.1 Å². The molecule has 0 unspecified atom stereocenters. The Labute approximate surface area is 231 Å². The Kier molecular flexibility index (Phi) is 7.72. The lowest BCUT2D eigenvalue weighted by Gasteiger charge is -2.40. The van der Waals surface area contributed by atoms with E-state index in [0.29, 0.717) is 43.1 Å². The topological polar surface area (TPSA) is 123 Å². The number of rotatable bonds is 8. The average Bonchev–Trinajstić information content (AvgIpc) is 2.99. The highest BCUT2D eigenvalue weighted by molar-refractivity contribution is 5.96. The maximum atomic E-state index is 12.9. The number of cyclic esters (lactones) is 1. The third kappa shape index (κ3) is 5.35. The average molecular weight is 547 g/mol. The van der Waals surface area contributed by atoms with E-state index in [1.165, 1.54) is 13.2 Å². The van der Waals surface area contributed by atoms with Gasteiger partial charge in [0.15, 0.2) is 0 Å². The summed E-state index contributed by atoms with van der Waals surface area (Å²) in [6, 6.07) is 17.4. The first kappa shape index (κ1) is 26.8. The van der Waals surface area contributed by atoms with Crippen LogP contribution in [0.15, 0.2) is 60.7 Å². The summed E-state index contributed by atoms with van der Waals surface area (Å²) in [7, 11) is 3.08. The van der Waals surface area contributed by atoms with E-state index >= 15 is 0 Å². The van der Waals surface area contributed by atoms with E-state index in [1.54, 1.807) is 42.3 Å². The summed E-state index contributed by atoms with van der Waals surface area (Å²) in [6.07, 6.45) is 0.865. The number of fused-ring (bicyclic) bond motifs is 1. The number of anilines is 2. The van der Waals surface area contributed by atoms with Crippen LogP contribution in [0.5, 0.6) is 11.5 Å². The van der Waals surface area contributed by atoms with Gasteiger partial charge in [-0.1, -0.05) is 18.2 Å². The smallest absolute Gasteiger partial charge is 0.414 e. The Morgan fingerprint density at radius 3 is 2.55 bits per heavy atom. The number of nitro groups is 1. The minimum absolute atomic E-state index is 0.0794. The molecule has 2 amide bonds. The molecule has 208 valence electrons. The molecule has 11 nitrogen and oxygen atoms in total. The van der Waals surface area contributed by atoms with Crippen LogP contribution in [0.3, 0.4) is 0 Å². The highest BCUT2D eigenvalue weighted by Gasteiger charge is 2.35. The molecule has 1 N–H and O–H groups in total. The number of piperidine rings is 1. The van der Waals surface area contributed by atoms with E-state index in [0.717, 1.165) is 16.8 Å². The summed E-state index contributed by atoms with van der Waals surface area (Å²) in [5.41, 5.74) is 3.04. The number of carbonyl (C=O) groups excluding carboxylic acids is 2. The van der Waals surface area contributed by atoms with Gasteiger partial charge in [-0.3, -0.25) is 19.8 Å². The lowest BCUT2D eigenvalue weighted by molar-refractivity contribution is -0.384. The van der Waals surface area contributed by atoms with Crippen molar-refractivity contribution in [3.05, 3.63) is 87.5 Å².